The number of nitrogens with zero attached hydrogens (tertiary/aromatic N) is 3. The van der Waals surface area contributed by atoms with Gasteiger partial charge < -0.3 is 5.32 Å². The molecule has 0 aliphatic heterocycles. The SMILES string of the molecule is CCCC(C)(C)NC(=O)c1sc(-c2ncccn2)nc1C. The van der Waals surface area contributed by atoms with Gasteiger partial charge in [0.25, 0.3) is 5.91 Å². The van der Waals surface area contributed by atoms with Crippen molar-refractivity contribution in [3.05, 3.63) is 29.0 Å². The maximum atomic E-state index is 12.4. The van der Waals surface area contributed by atoms with E-state index in [0.717, 1.165) is 12.8 Å². The summed E-state index contributed by atoms with van der Waals surface area (Å²) in [5, 5.41) is 3.74. The van der Waals surface area contributed by atoms with E-state index in [-0.39, 0.29) is 11.4 Å². The largest absolute Gasteiger partial charge is 0.346 e. The van der Waals surface area contributed by atoms with Gasteiger partial charge in [-0.3, -0.25) is 4.79 Å². The highest BCUT2D eigenvalue weighted by Crippen LogP contribution is 2.25. The van der Waals surface area contributed by atoms with Crippen molar-refractivity contribution in [1.82, 2.24) is 20.3 Å². The number of amides is 1. The van der Waals surface area contributed by atoms with Crippen molar-refractivity contribution in [2.24, 2.45) is 0 Å². The van der Waals surface area contributed by atoms with Crippen molar-refractivity contribution >= 4 is 17.2 Å². The molecular weight excluding hydrogens is 284 g/mol. The van der Waals surface area contributed by atoms with Crippen LogP contribution in [0.5, 0.6) is 0 Å². The van der Waals surface area contributed by atoms with E-state index in [9.17, 15) is 4.79 Å². The highest BCUT2D eigenvalue weighted by atomic mass is 32.1. The summed E-state index contributed by atoms with van der Waals surface area (Å²) >= 11 is 1.33. The molecule has 0 saturated carbocycles. The van der Waals surface area contributed by atoms with E-state index in [1.54, 1.807) is 18.5 Å². The van der Waals surface area contributed by atoms with E-state index in [2.05, 4.69) is 27.2 Å². The molecule has 21 heavy (non-hydrogen) atoms. The van der Waals surface area contributed by atoms with Crippen LogP contribution in [0.1, 0.15) is 49.0 Å². The van der Waals surface area contributed by atoms with Gasteiger partial charge in [0.2, 0.25) is 0 Å². The fourth-order valence-electron chi connectivity index (χ4n) is 2.16. The Morgan fingerprint density at radius 2 is 2.00 bits per heavy atom. The molecule has 0 aromatic carbocycles. The van der Waals surface area contributed by atoms with Gasteiger partial charge >= 0.3 is 0 Å². The number of rotatable bonds is 5. The summed E-state index contributed by atoms with van der Waals surface area (Å²) in [6, 6.07) is 1.75. The van der Waals surface area contributed by atoms with Crippen molar-refractivity contribution < 1.29 is 4.79 Å². The van der Waals surface area contributed by atoms with Crippen molar-refractivity contribution in [3.63, 3.8) is 0 Å². The molecule has 0 spiro atoms. The third-order valence-electron chi connectivity index (χ3n) is 3.09. The van der Waals surface area contributed by atoms with Gasteiger partial charge in [0.05, 0.1) is 5.69 Å². The molecule has 2 heterocycles. The van der Waals surface area contributed by atoms with Crippen molar-refractivity contribution in [2.45, 2.75) is 46.1 Å². The molecule has 2 aromatic heterocycles. The van der Waals surface area contributed by atoms with E-state index in [4.69, 9.17) is 0 Å². The van der Waals surface area contributed by atoms with Crippen molar-refractivity contribution in [3.8, 4) is 10.8 Å². The first-order chi connectivity index (χ1) is 9.93. The lowest BCUT2D eigenvalue weighted by atomic mass is 9.99. The fourth-order valence-corrected chi connectivity index (χ4v) is 3.07. The summed E-state index contributed by atoms with van der Waals surface area (Å²) in [5.41, 5.74) is 0.498. The van der Waals surface area contributed by atoms with Crippen LogP contribution in [0.4, 0.5) is 0 Å². The highest BCUT2D eigenvalue weighted by molar-refractivity contribution is 7.17. The molecule has 1 N–H and O–H groups in total. The molecule has 0 saturated heterocycles. The minimum Gasteiger partial charge on any atom is -0.346 e. The Morgan fingerprint density at radius 1 is 1.33 bits per heavy atom. The van der Waals surface area contributed by atoms with Crippen LogP contribution in [0.25, 0.3) is 10.8 Å². The number of thiazole rings is 1. The number of hydrogen-bond acceptors (Lipinski definition) is 5. The molecule has 0 unspecified atom stereocenters. The smallest absolute Gasteiger partial charge is 0.263 e. The van der Waals surface area contributed by atoms with Gasteiger partial charge in [-0.2, -0.15) is 0 Å². The number of carbonyl (C=O) groups excluding carboxylic acids is 1. The normalized spacial score (nSPS) is 11.4. The van der Waals surface area contributed by atoms with Crippen molar-refractivity contribution in [1.29, 1.82) is 0 Å². The second-order valence-electron chi connectivity index (χ2n) is 5.59. The zero-order chi connectivity index (χ0) is 15.5. The summed E-state index contributed by atoms with van der Waals surface area (Å²) < 4.78 is 0. The predicted molar refractivity (Wildman–Crippen MR) is 84.3 cm³/mol. The van der Waals surface area contributed by atoms with Gasteiger partial charge in [0, 0.05) is 17.9 Å². The summed E-state index contributed by atoms with van der Waals surface area (Å²) in [5.74, 6) is 0.475. The van der Waals surface area contributed by atoms with Crippen LogP contribution in [0.2, 0.25) is 0 Å². The first-order valence-corrected chi connectivity index (χ1v) is 7.82. The first kappa shape index (κ1) is 15.6. The van der Waals surface area contributed by atoms with E-state index in [1.807, 2.05) is 20.8 Å². The molecule has 6 heteroatoms. The third-order valence-corrected chi connectivity index (χ3v) is 4.24. The molecule has 2 aromatic rings. The minimum atomic E-state index is -0.217. The molecule has 0 atom stereocenters. The molecule has 0 fully saturated rings. The maximum absolute atomic E-state index is 12.4. The van der Waals surface area contributed by atoms with E-state index in [0.29, 0.717) is 21.4 Å². The topological polar surface area (TPSA) is 67.8 Å². The van der Waals surface area contributed by atoms with Crippen LogP contribution in [0.15, 0.2) is 18.5 Å². The lowest BCUT2D eigenvalue weighted by Crippen LogP contribution is -2.43. The monoisotopic (exact) mass is 304 g/mol. The van der Waals surface area contributed by atoms with Gasteiger partial charge in [0.15, 0.2) is 10.8 Å². The number of aromatic nitrogens is 3. The quantitative estimate of drug-likeness (QED) is 0.921. The molecule has 0 bridgehead atoms. The summed E-state index contributed by atoms with van der Waals surface area (Å²) in [6.07, 6.45) is 5.30. The Hall–Kier alpha value is -1.82. The number of nitrogens with one attached hydrogen (secondary N) is 1. The number of hydrogen-bond donors (Lipinski definition) is 1. The second-order valence-corrected chi connectivity index (χ2v) is 6.59. The first-order valence-electron chi connectivity index (χ1n) is 7.00. The van der Waals surface area contributed by atoms with E-state index >= 15 is 0 Å². The van der Waals surface area contributed by atoms with Gasteiger partial charge in [-0.25, -0.2) is 15.0 Å². The van der Waals surface area contributed by atoms with Crippen LogP contribution in [-0.4, -0.2) is 26.4 Å². The zero-order valence-electron chi connectivity index (χ0n) is 12.8. The Morgan fingerprint density at radius 3 is 2.62 bits per heavy atom. The number of carbonyl (C=O) groups is 1. The summed E-state index contributed by atoms with van der Waals surface area (Å²) in [6.45, 7) is 8.01. The maximum Gasteiger partial charge on any atom is 0.263 e. The average Bonchev–Trinajstić information content (AvgIpc) is 2.81. The molecule has 5 nitrogen and oxygen atoms in total. The van der Waals surface area contributed by atoms with Crippen LogP contribution in [0.3, 0.4) is 0 Å². The van der Waals surface area contributed by atoms with Crippen LogP contribution in [-0.2, 0) is 0 Å². The lowest BCUT2D eigenvalue weighted by Gasteiger charge is -2.25. The molecule has 0 aliphatic carbocycles. The Kier molecular flexibility index (Phi) is 4.67. The number of aryl methyl sites for hydroxylation is 1. The minimum absolute atomic E-state index is 0.0781. The van der Waals surface area contributed by atoms with E-state index in [1.165, 1.54) is 11.3 Å². The molecule has 0 aliphatic rings. The highest BCUT2D eigenvalue weighted by Gasteiger charge is 2.23. The third kappa shape index (κ3) is 3.85. The molecule has 2 rings (SSSR count). The van der Waals surface area contributed by atoms with Crippen molar-refractivity contribution in [2.75, 3.05) is 0 Å². The summed E-state index contributed by atoms with van der Waals surface area (Å²) in [7, 11) is 0. The second kappa shape index (κ2) is 6.30. The average molecular weight is 304 g/mol. The molecular formula is C15H20N4OS. The molecule has 1 amide bonds. The van der Waals surface area contributed by atoms with Crippen LogP contribution in [0, 0.1) is 6.92 Å². The predicted octanol–water partition coefficient (Wildman–Crippen LogP) is 3.22. The lowest BCUT2D eigenvalue weighted by molar-refractivity contribution is 0.0912. The molecule has 112 valence electrons. The molecule has 0 radical (unpaired) electrons. The van der Waals surface area contributed by atoms with E-state index < -0.39 is 0 Å². The van der Waals surface area contributed by atoms with Gasteiger partial charge in [-0.15, -0.1) is 11.3 Å². The van der Waals surface area contributed by atoms with Gasteiger partial charge in [-0.1, -0.05) is 13.3 Å². The Bertz CT molecular complexity index is 622. The Labute approximate surface area is 128 Å². The van der Waals surface area contributed by atoms with Gasteiger partial charge in [-0.05, 0) is 33.3 Å². The fraction of sp³-hybridized carbons (Fsp3) is 0.467. The van der Waals surface area contributed by atoms with Crippen LogP contribution < -0.4 is 5.32 Å². The van der Waals surface area contributed by atoms with Crippen LogP contribution >= 0.6 is 11.3 Å². The standard InChI is InChI=1S/C15H20N4OS/c1-5-7-15(3,4)19-13(20)11-10(2)18-14(21-11)12-16-8-6-9-17-12/h6,8-9H,5,7H2,1-4H3,(H,19,20). The zero-order valence-corrected chi connectivity index (χ0v) is 13.6. The Balaban J connectivity index is 2.21. The summed E-state index contributed by atoms with van der Waals surface area (Å²) in [4.78, 5) is 25.8. The van der Waals surface area contributed by atoms with Gasteiger partial charge in [0.1, 0.15) is 4.88 Å².